The lowest BCUT2D eigenvalue weighted by Crippen LogP contribution is -2.34. The zero-order valence-corrected chi connectivity index (χ0v) is 11.1. The number of hydrogen-bond donors (Lipinski definition) is 0. The van der Waals surface area contributed by atoms with Crippen molar-refractivity contribution in [1.82, 2.24) is 0 Å². The smallest absolute Gasteiger partial charge is 0.223 e. The normalized spacial score (nSPS) is 24.1. The molecule has 0 saturated heterocycles. The van der Waals surface area contributed by atoms with Gasteiger partial charge in [0.2, 0.25) is 5.91 Å². The van der Waals surface area contributed by atoms with Crippen molar-refractivity contribution in [3.8, 4) is 0 Å². The van der Waals surface area contributed by atoms with Crippen LogP contribution in [0.1, 0.15) is 19.4 Å². The van der Waals surface area contributed by atoms with E-state index in [1.54, 1.807) is 6.92 Å². The van der Waals surface area contributed by atoms with E-state index < -0.39 is 0 Å². The molecule has 0 aliphatic carbocycles. The van der Waals surface area contributed by atoms with Crippen LogP contribution in [0.25, 0.3) is 0 Å². The molecule has 1 aliphatic heterocycles. The zero-order chi connectivity index (χ0) is 11.1. The van der Waals surface area contributed by atoms with Crippen molar-refractivity contribution >= 4 is 34.2 Å². The molecule has 3 heteroatoms. The Labute approximate surface area is 104 Å². The number of amides is 1. The van der Waals surface area contributed by atoms with Gasteiger partial charge in [0.05, 0.1) is 0 Å². The summed E-state index contributed by atoms with van der Waals surface area (Å²) in [7, 11) is 0. The van der Waals surface area contributed by atoms with Crippen molar-refractivity contribution in [2.45, 2.75) is 19.3 Å². The lowest BCUT2D eigenvalue weighted by Gasteiger charge is -2.22. The SMILES string of the molecule is CC(=O)N1CC(C)(CI)c2ccccc21. The first-order chi connectivity index (χ1) is 7.08. The predicted octanol–water partition coefficient (Wildman–Crippen LogP) is 2.75. The fourth-order valence-corrected chi connectivity index (χ4v) is 2.79. The van der Waals surface area contributed by atoms with E-state index in [1.165, 1.54) is 5.56 Å². The number of carbonyl (C=O) groups excluding carboxylic acids is 1. The van der Waals surface area contributed by atoms with Crippen LogP contribution in [0, 0.1) is 0 Å². The van der Waals surface area contributed by atoms with Crippen LogP contribution in [0.5, 0.6) is 0 Å². The van der Waals surface area contributed by atoms with Crippen molar-refractivity contribution in [3.05, 3.63) is 29.8 Å². The van der Waals surface area contributed by atoms with Crippen molar-refractivity contribution in [2.24, 2.45) is 0 Å². The minimum Gasteiger partial charge on any atom is -0.311 e. The van der Waals surface area contributed by atoms with E-state index in [9.17, 15) is 4.79 Å². The van der Waals surface area contributed by atoms with Gasteiger partial charge in [0.15, 0.2) is 0 Å². The van der Waals surface area contributed by atoms with Crippen LogP contribution in [0.4, 0.5) is 5.69 Å². The molecule has 0 saturated carbocycles. The van der Waals surface area contributed by atoms with E-state index in [0.29, 0.717) is 0 Å². The topological polar surface area (TPSA) is 20.3 Å². The quantitative estimate of drug-likeness (QED) is 0.576. The second kappa shape index (κ2) is 3.77. The summed E-state index contributed by atoms with van der Waals surface area (Å²) in [4.78, 5) is 13.4. The summed E-state index contributed by atoms with van der Waals surface area (Å²) in [6, 6.07) is 8.21. The first kappa shape index (κ1) is 10.9. The molecule has 1 aromatic carbocycles. The third-order valence-corrected chi connectivity index (χ3v) is 4.71. The number of fused-ring (bicyclic) bond motifs is 1. The van der Waals surface area contributed by atoms with Crippen LogP contribution in [0.2, 0.25) is 0 Å². The van der Waals surface area contributed by atoms with E-state index in [4.69, 9.17) is 0 Å². The standard InChI is InChI=1S/C12H14INO/c1-9(15)14-8-12(2,7-13)10-5-3-4-6-11(10)14/h3-6H,7-8H2,1-2H3. The summed E-state index contributed by atoms with van der Waals surface area (Å²) in [5.41, 5.74) is 2.50. The van der Waals surface area contributed by atoms with Gasteiger partial charge in [0, 0.05) is 29.0 Å². The molecule has 1 aliphatic rings. The third kappa shape index (κ3) is 1.67. The van der Waals surface area contributed by atoms with Gasteiger partial charge in [0.1, 0.15) is 0 Å². The summed E-state index contributed by atoms with van der Waals surface area (Å²) in [5.74, 6) is 0.135. The molecule has 80 valence electrons. The van der Waals surface area contributed by atoms with Gasteiger partial charge < -0.3 is 4.90 Å². The molecule has 1 heterocycles. The number of halogens is 1. The summed E-state index contributed by atoms with van der Waals surface area (Å²) < 4.78 is 1.03. The average molecular weight is 315 g/mol. The van der Waals surface area contributed by atoms with E-state index in [1.807, 2.05) is 23.1 Å². The molecule has 1 unspecified atom stereocenters. The summed E-state index contributed by atoms with van der Waals surface area (Å²) in [6.07, 6.45) is 0. The molecular weight excluding hydrogens is 301 g/mol. The van der Waals surface area contributed by atoms with Gasteiger partial charge in [-0.05, 0) is 11.6 Å². The zero-order valence-electron chi connectivity index (χ0n) is 8.96. The Morgan fingerprint density at radius 2 is 2.20 bits per heavy atom. The maximum Gasteiger partial charge on any atom is 0.223 e. The highest BCUT2D eigenvalue weighted by atomic mass is 127. The fraction of sp³-hybridized carbons (Fsp3) is 0.417. The first-order valence-corrected chi connectivity index (χ1v) is 6.54. The second-order valence-corrected chi connectivity index (χ2v) is 5.08. The second-order valence-electron chi connectivity index (χ2n) is 4.32. The van der Waals surface area contributed by atoms with Gasteiger partial charge in [-0.15, -0.1) is 0 Å². The Morgan fingerprint density at radius 1 is 1.53 bits per heavy atom. The Bertz CT molecular complexity index is 404. The minimum absolute atomic E-state index is 0.114. The van der Waals surface area contributed by atoms with Gasteiger partial charge in [-0.1, -0.05) is 47.7 Å². The van der Waals surface area contributed by atoms with Crippen molar-refractivity contribution < 1.29 is 4.79 Å². The lowest BCUT2D eigenvalue weighted by molar-refractivity contribution is -0.116. The summed E-state index contributed by atoms with van der Waals surface area (Å²) in [6.45, 7) is 4.67. The van der Waals surface area contributed by atoms with E-state index in [2.05, 4.69) is 35.6 Å². The predicted molar refractivity (Wildman–Crippen MR) is 70.7 cm³/mol. The Balaban J connectivity index is 2.53. The van der Waals surface area contributed by atoms with Gasteiger partial charge in [-0.3, -0.25) is 4.79 Å². The van der Waals surface area contributed by atoms with Gasteiger partial charge in [-0.25, -0.2) is 0 Å². The van der Waals surface area contributed by atoms with Gasteiger partial charge >= 0.3 is 0 Å². The molecule has 15 heavy (non-hydrogen) atoms. The van der Waals surface area contributed by atoms with Crippen LogP contribution < -0.4 is 4.90 Å². The number of alkyl halides is 1. The van der Waals surface area contributed by atoms with Gasteiger partial charge in [0.25, 0.3) is 0 Å². The molecular formula is C12H14INO. The highest BCUT2D eigenvalue weighted by Gasteiger charge is 2.39. The summed E-state index contributed by atoms with van der Waals surface area (Å²) >= 11 is 2.40. The largest absolute Gasteiger partial charge is 0.311 e. The molecule has 2 nitrogen and oxygen atoms in total. The van der Waals surface area contributed by atoms with E-state index >= 15 is 0 Å². The van der Waals surface area contributed by atoms with Crippen molar-refractivity contribution in [3.63, 3.8) is 0 Å². The molecule has 0 aromatic heterocycles. The van der Waals surface area contributed by atoms with Crippen LogP contribution in [-0.4, -0.2) is 16.9 Å². The number of rotatable bonds is 1. The first-order valence-electron chi connectivity index (χ1n) is 5.02. The number of para-hydroxylation sites is 1. The Kier molecular flexibility index (Phi) is 2.75. The number of benzene rings is 1. The van der Waals surface area contributed by atoms with Crippen molar-refractivity contribution in [1.29, 1.82) is 0 Å². The molecule has 1 aromatic rings. The molecule has 0 radical (unpaired) electrons. The molecule has 0 N–H and O–H groups in total. The monoisotopic (exact) mass is 315 g/mol. The highest BCUT2D eigenvalue weighted by Crippen LogP contribution is 2.41. The third-order valence-electron chi connectivity index (χ3n) is 3.03. The number of nitrogens with zero attached hydrogens (tertiary/aromatic N) is 1. The number of carbonyl (C=O) groups is 1. The minimum atomic E-state index is 0.114. The molecule has 0 spiro atoms. The highest BCUT2D eigenvalue weighted by molar-refractivity contribution is 14.1. The average Bonchev–Trinajstić information content (AvgIpc) is 2.54. The van der Waals surface area contributed by atoms with Crippen LogP contribution in [0.3, 0.4) is 0 Å². The van der Waals surface area contributed by atoms with Gasteiger partial charge in [-0.2, -0.15) is 0 Å². The fourth-order valence-electron chi connectivity index (χ4n) is 2.13. The lowest BCUT2D eigenvalue weighted by atomic mass is 9.87. The van der Waals surface area contributed by atoms with Crippen LogP contribution in [-0.2, 0) is 10.2 Å². The van der Waals surface area contributed by atoms with Crippen LogP contribution in [0.15, 0.2) is 24.3 Å². The molecule has 1 atom stereocenters. The molecule has 1 amide bonds. The molecule has 2 rings (SSSR count). The van der Waals surface area contributed by atoms with Crippen molar-refractivity contribution in [2.75, 3.05) is 15.9 Å². The maximum atomic E-state index is 11.5. The molecule has 0 fully saturated rings. The summed E-state index contributed by atoms with van der Waals surface area (Å²) in [5, 5.41) is 0. The van der Waals surface area contributed by atoms with E-state index in [0.717, 1.165) is 16.7 Å². The number of hydrogen-bond acceptors (Lipinski definition) is 1. The van der Waals surface area contributed by atoms with Crippen LogP contribution >= 0.6 is 22.6 Å². The molecule has 0 bridgehead atoms. The number of anilines is 1. The Morgan fingerprint density at radius 3 is 2.80 bits per heavy atom. The maximum absolute atomic E-state index is 11.5. The van der Waals surface area contributed by atoms with E-state index in [-0.39, 0.29) is 11.3 Å². The Hall–Kier alpha value is -0.580.